The van der Waals surface area contributed by atoms with Crippen LogP contribution in [0.1, 0.15) is 0 Å². The van der Waals surface area contributed by atoms with Gasteiger partial charge in [-0.05, 0) is 6.08 Å². The Bertz CT molecular complexity index is 77.6. The van der Waals surface area contributed by atoms with Gasteiger partial charge in [-0.3, -0.25) is 0 Å². The Morgan fingerprint density at radius 1 is 1.83 bits per heavy atom. The predicted octanol–water partition coefficient (Wildman–Crippen LogP) is 0.672. The Labute approximate surface area is 45.6 Å². The van der Waals surface area contributed by atoms with E-state index in [0.717, 1.165) is 17.6 Å². The summed E-state index contributed by atoms with van der Waals surface area (Å²) in [5, 5.41) is 3.08. The number of nitrogens with one attached hydrogen (secondary N) is 1. The van der Waals surface area contributed by atoms with E-state index >= 15 is 0 Å². The van der Waals surface area contributed by atoms with Crippen molar-refractivity contribution in [2.24, 2.45) is 0 Å². The molecule has 1 aliphatic heterocycles. The van der Waals surface area contributed by atoms with Crippen LogP contribution in [0.2, 0.25) is 0 Å². The zero-order valence-corrected chi connectivity index (χ0v) is 4.88. The van der Waals surface area contributed by atoms with Crippen molar-refractivity contribution in [1.82, 2.24) is 5.32 Å². The molecule has 1 aliphatic rings. The van der Waals surface area contributed by atoms with E-state index in [2.05, 4.69) is 27.3 Å². The van der Waals surface area contributed by atoms with Gasteiger partial charge in [0.05, 0.1) is 0 Å². The lowest BCUT2D eigenvalue weighted by atomic mass is 10.6. The van der Waals surface area contributed by atoms with Crippen molar-refractivity contribution in [3.05, 3.63) is 10.6 Å². The molecule has 0 spiro atoms. The normalized spacial score (nSPS) is 21.2. The molecule has 1 radical (unpaired) electrons. The van der Waals surface area contributed by atoms with Gasteiger partial charge in [0, 0.05) is 17.6 Å². The molecule has 1 N–H and O–H groups in total. The second kappa shape index (κ2) is 1.76. The van der Waals surface area contributed by atoms with E-state index in [1.165, 1.54) is 0 Å². The highest BCUT2D eigenvalue weighted by molar-refractivity contribution is 9.11. The summed E-state index contributed by atoms with van der Waals surface area (Å²) in [6.07, 6.45) is 3.04. The first-order chi connectivity index (χ1) is 2.89. The molecule has 0 fully saturated rings. The maximum atomic E-state index is 3.28. The Morgan fingerprint density at radius 2 is 2.67 bits per heavy atom. The molecule has 0 aromatic carbocycles. The topological polar surface area (TPSA) is 12.0 Å². The molecular formula is C4H5BrN. The molecule has 1 heterocycles. The summed E-state index contributed by atoms with van der Waals surface area (Å²) in [6.45, 7) is 1.86. The smallest absolute Gasteiger partial charge is 0.0278 e. The van der Waals surface area contributed by atoms with Gasteiger partial charge in [0.25, 0.3) is 0 Å². The summed E-state index contributed by atoms with van der Waals surface area (Å²) in [5.74, 6) is 0. The van der Waals surface area contributed by atoms with E-state index in [9.17, 15) is 0 Å². The van der Waals surface area contributed by atoms with Gasteiger partial charge in [-0.25, -0.2) is 0 Å². The van der Waals surface area contributed by atoms with Crippen LogP contribution in [0.25, 0.3) is 0 Å². The van der Waals surface area contributed by atoms with Crippen LogP contribution in [0, 0.1) is 6.08 Å². The van der Waals surface area contributed by atoms with Crippen molar-refractivity contribution in [2.75, 3.05) is 13.1 Å². The van der Waals surface area contributed by atoms with Gasteiger partial charge < -0.3 is 5.32 Å². The van der Waals surface area contributed by atoms with Crippen LogP contribution in [-0.4, -0.2) is 13.1 Å². The van der Waals surface area contributed by atoms with Crippen LogP contribution < -0.4 is 5.32 Å². The molecule has 0 aromatic heterocycles. The second-order valence-electron chi connectivity index (χ2n) is 1.19. The van der Waals surface area contributed by atoms with Gasteiger partial charge in [0.1, 0.15) is 0 Å². The lowest BCUT2D eigenvalue weighted by Gasteiger charge is -1.81. The van der Waals surface area contributed by atoms with Crippen LogP contribution in [0.4, 0.5) is 0 Å². The quantitative estimate of drug-likeness (QED) is 0.531. The molecular weight excluding hydrogens is 142 g/mol. The van der Waals surface area contributed by atoms with E-state index in [-0.39, 0.29) is 0 Å². The first-order valence-electron chi connectivity index (χ1n) is 1.85. The SMILES string of the molecule is BrC1=[C]CNC1. The zero-order chi connectivity index (χ0) is 4.41. The molecule has 6 heavy (non-hydrogen) atoms. The number of halogens is 1. The molecule has 33 valence electrons. The first kappa shape index (κ1) is 4.34. The number of rotatable bonds is 0. The van der Waals surface area contributed by atoms with Gasteiger partial charge in [-0.1, -0.05) is 15.9 Å². The van der Waals surface area contributed by atoms with E-state index < -0.39 is 0 Å². The zero-order valence-electron chi connectivity index (χ0n) is 3.29. The minimum absolute atomic E-state index is 0.903. The highest BCUT2D eigenvalue weighted by Crippen LogP contribution is 2.03. The fourth-order valence-electron chi connectivity index (χ4n) is 0.393. The molecule has 2 heteroatoms. The summed E-state index contributed by atoms with van der Waals surface area (Å²) >= 11 is 3.28. The van der Waals surface area contributed by atoms with Crippen molar-refractivity contribution in [3.63, 3.8) is 0 Å². The van der Waals surface area contributed by atoms with Crippen molar-refractivity contribution < 1.29 is 0 Å². The predicted molar refractivity (Wildman–Crippen MR) is 28.6 cm³/mol. The molecule has 0 amide bonds. The van der Waals surface area contributed by atoms with E-state index in [1.807, 2.05) is 0 Å². The van der Waals surface area contributed by atoms with Crippen LogP contribution >= 0.6 is 15.9 Å². The number of hydrogen-bond donors (Lipinski definition) is 1. The highest BCUT2D eigenvalue weighted by atomic mass is 79.9. The van der Waals surface area contributed by atoms with Crippen LogP contribution in [-0.2, 0) is 0 Å². The van der Waals surface area contributed by atoms with Gasteiger partial charge >= 0.3 is 0 Å². The summed E-state index contributed by atoms with van der Waals surface area (Å²) in [7, 11) is 0. The maximum absolute atomic E-state index is 3.28. The van der Waals surface area contributed by atoms with Gasteiger partial charge in [0.15, 0.2) is 0 Å². The summed E-state index contributed by atoms with van der Waals surface area (Å²) < 4.78 is 1.16. The molecule has 1 rings (SSSR count). The summed E-state index contributed by atoms with van der Waals surface area (Å²) in [5.41, 5.74) is 0. The van der Waals surface area contributed by atoms with Crippen LogP contribution in [0.15, 0.2) is 4.48 Å². The lowest BCUT2D eigenvalue weighted by molar-refractivity contribution is 0.884. The monoisotopic (exact) mass is 146 g/mol. The number of hydrogen-bond acceptors (Lipinski definition) is 1. The maximum Gasteiger partial charge on any atom is 0.0278 e. The molecule has 0 aromatic rings. The third-order valence-corrected chi connectivity index (χ3v) is 1.25. The van der Waals surface area contributed by atoms with E-state index in [0.29, 0.717) is 0 Å². The summed E-state index contributed by atoms with van der Waals surface area (Å²) in [4.78, 5) is 0. The molecule has 0 bridgehead atoms. The largest absolute Gasteiger partial charge is 0.308 e. The van der Waals surface area contributed by atoms with E-state index in [1.54, 1.807) is 0 Å². The third kappa shape index (κ3) is 0.820. The fraction of sp³-hybridized carbons (Fsp3) is 0.500. The minimum atomic E-state index is 0.903. The van der Waals surface area contributed by atoms with Crippen LogP contribution in [0.3, 0.4) is 0 Å². The lowest BCUT2D eigenvalue weighted by Crippen LogP contribution is -2.06. The van der Waals surface area contributed by atoms with Crippen molar-refractivity contribution in [1.29, 1.82) is 0 Å². The molecule has 0 aliphatic carbocycles. The standard InChI is InChI=1S/C4H5BrN/c5-4-1-2-6-3-4/h6H,2-3H2. The third-order valence-electron chi connectivity index (χ3n) is 0.685. The Morgan fingerprint density at radius 3 is 2.83 bits per heavy atom. The van der Waals surface area contributed by atoms with Gasteiger partial charge in [-0.2, -0.15) is 0 Å². The Kier molecular flexibility index (Phi) is 1.27. The molecule has 0 unspecified atom stereocenters. The Hall–Kier alpha value is 0.180. The molecule has 0 saturated heterocycles. The average molecular weight is 147 g/mol. The van der Waals surface area contributed by atoms with Crippen LogP contribution in [0.5, 0.6) is 0 Å². The first-order valence-corrected chi connectivity index (χ1v) is 2.65. The molecule has 0 atom stereocenters. The molecule has 1 nitrogen and oxygen atoms in total. The van der Waals surface area contributed by atoms with Crippen molar-refractivity contribution in [2.45, 2.75) is 0 Å². The van der Waals surface area contributed by atoms with E-state index in [4.69, 9.17) is 0 Å². The highest BCUT2D eigenvalue weighted by Gasteiger charge is 1.95. The van der Waals surface area contributed by atoms with Crippen molar-refractivity contribution >= 4 is 15.9 Å². The van der Waals surface area contributed by atoms with Gasteiger partial charge in [0.2, 0.25) is 0 Å². The van der Waals surface area contributed by atoms with Crippen molar-refractivity contribution in [3.8, 4) is 0 Å². The second-order valence-corrected chi connectivity index (χ2v) is 2.14. The molecule has 0 saturated carbocycles. The Balaban J connectivity index is 2.45. The minimum Gasteiger partial charge on any atom is -0.308 e. The van der Waals surface area contributed by atoms with Gasteiger partial charge in [-0.15, -0.1) is 0 Å². The average Bonchev–Trinajstić information content (AvgIpc) is 1.86. The summed E-state index contributed by atoms with van der Waals surface area (Å²) in [6, 6.07) is 0. The fourth-order valence-corrected chi connectivity index (χ4v) is 0.732.